The molecule has 0 saturated carbocycles. The van der Waals surface area contributed by atoms with Crippen LogP contribution in [0.5, 0.6) is 0 Å². The predicted molar refractivity (Wildman–Crippen MR) is 108 cm³/mol. The molecule has 1 aromatic carbocycles. The SMILES string of the molecule is CCc1noc(C(C)Sc2nnc(SCc3ccc(C(C)C)cc3)s2)n1. The Bertz CT molecular complexity index is 829. The molecule has 0 radical (unpaired) electrons. The Morgan fingerprint density at radius 3 is 2.46 bits per heavy atom. The molecule has 0 fully saturated rings. The van der Waals surface area contributed by atoms with Gasteiger partial charge in [0.1, 0.15) is 0 Å². The van der Waals surface area contributed by atoms with Crippen molar-refractivity contribution in [3.63, 3.8) is 0 Å². The lowest BCUT2D eigenvalue weighted by Crippen LogP contribution is -1.89. The Morgan fingerprint density at radius 1 is 1.08 bits per heavy atom. The van der Waals surface area contributed by atoms with Crippen LogP contribution in [0.25, 0.3) is 0 Å². The van der Waals surface area contributed by atoms with Crippen molar-refractivity contribution in [3.05, 3.63) is 47.1 Å². The molecule has 5 nitrogen and oxygen atoms in total. The molecule has 0 aliphatic heterocycles. The highest BCUT2D eigenvalue weighted by Crippen LogP contribution is 2.38. The van der Waals surface area contributed by atoms with E-state index in [1.807, 2.05) is 13.8 Å². The number of benzene rings is 1. The molecule has 0 aliphatic rings. The number of aryl methyl sites for hydroxylation is 1. The number of hydrogen-bond acceptors (Lipinski definition) is 8. The largest absolute Gasteiger partial charge is 0.338 e. The molecule has 138 valence electrons. The number of aromatic nitrogens is 4. The first kappa shape index (κ1) is 19.4. The summed E-state index contributed by atoms with van der Waals surface area (Å²) in [7, 11) is 0. The summed E-state index contributed by atoms with van der Waals surface area (Å²) in [5, 5.41) is 12.6. The summed E-state index contributed by atoms with van der Waals surface area (Å²) in [4.78, 5) is 4.38. The monoisotopic (exact) mass is 406 g/mol. The second-order valence-electron chi connectivity index (χ2n) is 6.18. The maximum atomic E-state index is 5.30. The minimum absolute atomic E-state index is 0.0668. The van der Waals surface area contributed by atoms with Gasteiger partial charge in [-0.3, -0.25) is 0 Å². The van der Waals surface area contributed by atoms with Crippen molar-refractivity contribution in [2.24, 2.45) is 0 Å². The van der Waals surface area contributed by atoms with Gasteiger partial charge in [-0.05, 0) is 24.0 Å². The van der Waals surface area contributed by atoms with Crippen molar-refractivity contribution in [2.45, 2.75) is 59.7 Å². The Morgan fingerprint density at radius 2 is 1.81 bits per heavy atom. The average molecular weight is 407 g/mol. The van der Waals surface area contributed by atoms with Crippen molar-refractivity contribution >= 4 is 34.9 Å². The van der Waals surface area contributed by atoms with Crippen molar-refractivity contribution < 1.29 is 4.52 Å². The fourth-order valence-corrected chi connectivity index (χ4v) is 5.38. The van der Waals surface area contributed by atoms with E-state index >= 15 is 0 Å². The molecule has 0 bridgehead atoms. The van der Waals surface area contributed by atoms with Gasteiger partial charge >= 0.3 is 0 Å². The van der Waals surface area contributed by atoms with E-state index in [2.05, 4.69) is 58.5 Å². The van der Waals surface area contributed by atoms with Crippen LogP contribution in [0.15, 0.2) is 37.5 Å². The molecule has 0 amide bonds. The first-order valence-corrected chi connectivity index (χ1v) is 11.3. The number of hydrogen-bond donors (Lipinski definition) is 0. The molecule has 3 rings (SSSR count). The smallest absolute Gasteiger partial charge is 0.239 e. The maximum absolute atomic E-state index is 5.30. The molecule has 1 atom stereocenters. The van der Waals surface area contributed by atoms with E-state index < -0.39 is 0 Å². The Labute approximate surface area is 166 Å². The molecule has 8 heteroatoms. The average Bonchev–Trinajstić information content (AvgIpc) is 3.29. The van der Waals surface area contributed by atoms with E-state index in [1.54, 1.807) is 34.9 Å². The normalized spacial score (nSPS) is 12.7. The van der Waals surface area contributed by atoms with Crippen LogP contribution in [-0.4, -0.2) is 20.3 Å². The fourth-order valence-electron chi connectivity index (χ4n) is 2.22. The van der Waals surface area contributed by atoms with Crippen molar-refractivity contribution in [1.82, 2.24) is 20.3 Å². The third-order valence-corrected chi connectivity index (χ3v) is 7.12. The number of thioether (sulfide) groups is 2. The van der Waals surface area contributed by atoms with Gasteiger partial charge in [0.05, 0.1) is 5.25 Å². The highest BCUT2D eigenvalue weighted by molar-refractivity contribution is 8.03. The van der Waals surface area contributed by atoms with Crippen LogP contribution in [0, 0.1) is 0 Å². The molecule has 0 saturated heterocycles. The van der Waals surface area contributed by atoms with Crippen molar-refractivity contribution in [3.8, 4) is 0 Å². The van der Waals surface area contributed by atoms with Gasteiger partial charge in [-0.2, -0.15) is 4.98 Å². The lowest BCUT2D eigenvalue weighted by Gasteiger charge is -2.06. The van der Waals surface area contributed by atoms with Crippen molar-refractivity contribution in [2.75, 3.05) is 0 Å². The summed E-state index contributed by atoms with van der Waals surface area (Å²) in [5.74, 6) is 2.84. The van der Waals surface area contributed by atoms with Crippen LogP contribution in [0.1, 0.15) is 61.7 Å². The van der Waals surface area contributed by atoms with Gasteiger partial charge in [0.25, 0.3) is 0 Å². The maximum Gasteiger partial charge on any atom is 0.239 e. The van der Waals surface area contributed by atoms with E-state index in [4.69, 9.17) is 4.52 Å². The van der Waals surface area contributed by atoms with E-state index in [1.165, 1.54) is 11.1 Å². The van der Waals surface area contributed by atoms with Crippen LogP contribution in [0.2, 0.25) is 0 Å². The Hall–Kier alpha value is -1.38. The molecular weight excluding hydrogens is 384 g/mol. The van der Waals surface area contributed by atoms with E-state index in [0.717, 1.165) is 26.7 Å². The first-order valence-electron chi connectivity index (χ1n) is 8.59. The standard InChI is InChI=1S/C18H22N4OS3/c1-5-15-19-16(23-22-15)12(4)25-18-21-20-17(26-18)24-10-13-6-8-14(9-7-13)11(2)3/h6-9,11-12H,5,10H2,1-4H3. The summed E-state index contributed by atoms with van der Waals surface area (Å²) in [6, 6.07) is 8.81. The molecule has 1 unspecified atom stereocenters. The van der Waals surface area contributed by atoms with Crippen LogP contribution >= 0.6 is 34.9 Å². The highest BCUT2D eigenvalue weighted by atomic mass is 32.2. The molecule has 0 N–H and O–H groups in total. The zero-order chi connectivity index (χ0) is 18.5. The second-order valence-corrected chi connectivity index (χ2v) is 9.97. The number of rotatable bonds is 8. The topological polar surface area (TPSA) is 64.7 Å². The predicted octanol–water partition coefficient (Wildman–Crippen LogP) is 5.75. The van der Waals surface area contributed by atoms with E-state index in [0.29, 0.717) is 11.8 Å². The van der Waals surface area contributed by atoms with Crippen LogP contribution in [0.4, 0.5) is 0 Å². The molecule has 2 aromatic heterocycles. The molecule has 0 aliphatic carbocycles. The quantitative estimate of drug-likeness (QED) is 0.441. The highest BCUT2D eigenvalue weighted by Gasteiger charge is 2.17. The summed E-state index contributed by atoms with van der Waals surface area (Å²) >= 11 is 4.93. The Balaban J connectivity index is 1.54. The van der Waals surface area contributed by atoms with Gasteiger partial charge in [0.15, 0.2) is 14.5 Å². The van der Waals surface area contributed by atoms with Crippen molar-refractivity contribution in [1.29, 1.82) is 0 Å². The Kier molecular flexibility index (Phi) is 6.72. The molecule has 3 aromatic rings. The molecule has 2 heterocycles. The minimum atomic E-state index is 0.0668. The summed E-state index contributed by atoms with van der Waals surface area (Å²) in [5.41, 5.74) is 2.67. The lowest BCUT2D eigenvalue weighted by atomic mass is 10.0. The van der Waals surface area contributed by atoms with Gasteiger partial charge in [-0.1, -0.05) is 85.1 Å². The van der Waals surface area contributed by atoms with E-state index in [9.17, 15) is 0 Å². The van der Waals surface area contributed by atoms with Gasteiger partial charge in [-0.25, -0.2) is 0 Å². The first-order chi connectivity index (χ1) is 12.5. The van der Waals surface area contributed by atoms with Gasteiger partial charge in [0.2, 0.25) is 5.89 Å². The molecular formula is C18H22N4OS3. The number of nitrogens with zero attached hydrogens (tertiary/aromatic N) is 4. The minimum Gasteiger partial charge on any atom is -0.338 e. The van der Waals surface area contributed by atoms with E-state index in [-0.39, 0.29) is 5.25 Å². The van der Waals surface area contributed by atoms with Gasteiger partial charge in [0, 0.05) is 12.2 Å². The fraction of sp³-hybridized carbons (Fsp3) is 0.444. The summed E-state index contributed by atoms with van der Waals surface area (Å²) < 4.78 is 7.20. The lowest BCUT2D eigenvalue weighted by molar-refractivity contribution is 0.375. The third-order valence-electron chi connectivity index (χ3n) is 3.82. The zero-order valence-electron chi connectivity index (χ0n) is 15.3. The van der Waals surface area contributed by atoms with Crippen LogP contribution in [-0.2, 0) is 12.2 Å². The van der Waals surface area contributed by atoms with Crippen LogP contribution in [0.3, 0.4) is 0 Å². The zero-order valence-corrected chi connectivity index (χ0v) is 17.7. The van der Waals surface area contributed by atoms with Crippen LogP contribution < -0.4 is 0 Å². The molecule has 26 heavy (non-hydrogen) atoms. The van der Waals surface area contributed by atoms with Gasteiger partial charge in [-0.15, -0.1) is 10.2 Å². The summed E-state index contributed by atoms with van der Waals surface area (Å²) in [6.07, 6.45) is 0.776. The second kappa shape index (κ2) is 9.01. The van der Waals surface area contributed by atoms with Gasteiger partial charge < -0.3 is 4.52 Å². The molecule has 0 spiro atoms. The summed E-state index contributed by atoms with van der Waals surface area (Å²) in [6.45, 7) is 8.48. The third kappa shape index (κ3) is 5.08.